The smallest absolute Gasteiger partial charge is 0.304 e. The van der Waals surface area contributed by atoms with Gasteiger partial charge in [-0.3, -0.25) is 4.79 Å². The number of hydrogen-bond acceptors (Lipinski definition) is 2. The molecule has 15 heavy (non-hydrogen) atoms. The number of benzene rings is 1. The molecule has 0 aliphatic rings. The van der Waals surface area contributed by atoms with E-state index in [0.29, 0.717) is 6.54 Å². The second-order valence-electron chi connectivity index (χ2n) is 3.51. The predicted octanol–water partition coefficient (Wildman–Crippen LogP) is 2.40. The highest BCUT2D eigenvalue weighted by Crippen LogP contribution is 2.11. The molecule has 1 unspecified atom stereocenters. The molecule has 1 rings (SSSR count). The van der Waals surface area contributed by atoms with Gasteiger partial charge in [0.2, 0.25) is 0 Å². The third kappa shape index (κ3) is 4.95. The van der Waals surface area contributed by atoms with Gasteiger partial charge in [-0.15, -0.1) is 0 Å². The van der Waals surface area contributed by atoms with Crippen molar-refractivity contribution in [3.05, 3.63) is 34.3 Å². The van der Waals surface area contributed by atoms with Crippen molar-refractivity contribution in [3.8, 4) is 0 Å². The summed E-state index contributed by atoms with van der Waals surface area (Å²) in [7, 11) is 0. The Morgan fingerprint density at radius 2 is 2.33 bits per heavy atom. The molecule has 1 aromatic carbocycles. The number of aliphatic carboxylic acids is 1. The molecule has 0 aliphatic carbocycles. The number of carboxylic acid groups (broad SMARTS) is 1. The van der Waals surface area contributed by atoms with Gasteiger partial charge in [0.1, 0.15) is 0 Å². The normalized spacial score (nSPS) is 12.4. The lowest BCUT2D eigenvalue weighted by atomic mass is 10.2. The van der Waals surface area contributed by atoms with E-state index < -0.39 is 5.97 Å². The van der Waals surface area contributed by atoms with E-state index in [4.69, 9.17) is 5.11 Å². The van der Waals surface area contributed by atoms with Crippen molar-refractivity contribution in [2.75, 3.05) is 0 Å². The van der Waals surface area contributed by atoms with Crippen LogP contribution in [0.3, 0.4) is 0 Å². The summed E-state index contributed by atoms with van der Waals surface area (Å²) in [6.45, 7) is 2.56. The molecular weight excluding hydrogens is 258 g/mol. The van der Waals surface area contributed by atoms with Crippen LogP contribution in [0.25, 0.3) is 0 Å². The number of hydrogen-bond donors (Lipinski definition) is 2. The maximum absolute atomic E-state index is 10.4. The Morgan fingerprint density at radius 1 is 1.60 bits per heavy atom. The third-order valence-electron chi connectivity index (χ3n) is 2.02. The van der Waals surface area contributed by atoms with E-state index in [9.17, 15) is 4.79 Å². The molecule has 1 aromatic rings. The van der Waals surface area contributed by atoms with E-state index >= 15 is 0 Å². The van der Waals surface area contributed by atoms with Gasteiger partial charge in [-0.1, -0.05) is 28.1 Å². The lowest BCUT2D eigenvalue weighted by Crippen LogP contribution is -2.27. The molecule has 0 spiro atoms. The maximum Gasteiger partial charge on any atom is 0.304 e. The third-order valence-corrected chi connectivity index (χ3v) is 2.52. The lowest BCUT2D eigenvalue weighted by molar-refractivity contribution is -0.137. The summed E-state index contributed by atoms with van der Waals surface area (Å²) in [6, 6.07) is 7.93. The van der Waals surface area contributed by atoms with Crippen molar-refractivity contribution in [3.63, 3.8) is 0 Å². The SMILES string of the molecule is CC(CC(=O)O)NCc1cccc(Br)c1. The zero-order chi connectivity index (χ0) is 11.3. The van der Waals surface area contributed by atoms with Crippen LogP contribution >= 0.6 is 15.9 Å². The highest BCUT2D eigenvalue weighted by atomic mass is 79.9. The molecule has 0 bridgehead atoms. The Labute approximate surface area is 97.6 Å². The van der Waals surface area contributed by atoms with E-state index in [0.717, 1.165) is 10.0 Å². The first-order chi connectivity index (χ1) is 7.08. The minimum atomic E-state index is -0.774. The maximum atomic E-state index is 10.4. The van der Waals surface area contributed by atoms with Gasteiger partial charge in [-0.25, -0.2) is 0 Å². The van der Waals surface area contributed by atoms with Gasteiger partial charge in [0.25, 0.3) is 0 Å². The molecule has 0 radical (unpaired) electrons. The van der Waals surface area contributed by atoms with Crippen molar-refractivity contribution in [2.24, 2.45) is 0 Å². The Balaban J connectivity index is 2.40. The van der Waals surface area contributed by atoms with Crippen molar-refractivity contribution >= 4 is 21.9 Å². The Bertz CT molecular complexity index is 341. The fourth-order valence-electron chi connectivity index (χ4n) is 1.27. The van der Waals surface area contributed by atoms with E-state index in [1.54, 1.807) is 0 Å². The number of carbonyl (C=O) groups is 1. The first kappa shape index (κ1) is 12.2. The number of carboxylic acids is 1. The largest absolute Gasteiger partial charge is 0.481 e. The quantitative estimate of drug-likeness (QED) is 0.865. The Morgan fingerprint density at radius 3 is 2.93 bits per heavy atom. The molecule has 0 fully saturated rings. The number of nitrogens with one attached hydrogen (secondary N) is 1. The molecule has 2 N–H and O–H groups in total. The van der Waals surface area contributed by atoms with Gasteiger partial charge in [0, 0.05) is 17.1 Å². The van der Waals surface area contributed by atoms with Gasteiger partial charge < -0.3 is 10.4 Å². The summed E-state index contributed by atoms with van der Waals surface area (Å²) in [6.07, 6.45) is 0.147. The molecular formula is C11H14BrNO2. The second-order valence-corrected chi connectivity index (χ2v) is 4.43. The molecule has 1 atom stereocenters. The van der Waals surface area contributed by atoms with Crippen LogP contribution in [0, 0.1) is 0 Å². The molecule has 82 valence electrons. The van der Waals surface area contributed by atoms with Gasteiger partial charge in [0.05, 0.1) is 6.42 Å². The lowest BCUT2D eigenvalue weighted by Gasteiger charge is -2.11. The van der Waals surface area contributed by atoms with Crippen LogP contribution in [0.1, 0.15) is 18.9 Å². The zero-order valence-corrected chi connectivity index (χ0v) is 10.1. The Kier molecular flexibility index (Phi) is 4.78. The average molecular weight is 272 g/mol. The minimum Gasteiger partial charge on any atom is -0.481 e. The van der Waals surface area contributed by atoms with E-state index in [2.05, 4.69) is 21.2 Å². The summed E-state index contributed by atoms with van der Waals surface area (Å²) in [5.41, 5.74) is 1.14. The molecule has 0 amide bonds. The number of halogens is 1. The van der Waals surface area contributed by atoms with Crippen LogP contribution in [0.4, 0.5) is 0 Å². The predicted molar refractivity (Wildman–Crippen MR) is 62.7 cm³/mol. The minimum absolute atomic E-state index is 0.0125. The Hall–Kier alpha value is -0.870. The van der Waals surface area contributed by atoms with Crippen LogP contribution in [-0.4, -0.2) is 17.1 Å². The summed E-state index contributed by atoms with van der Waals surface area (Å²) >= 11 is 3.39. The number of rotatable bonds is 5. The van der Waals surface area contributed by atoms with Gasteiger partial charge in [-0.05, 0) is 24.6 Å². The summed E-state index contributed by atoms with van der Waals surface area (Å²) in [4.78, 5) is 10.4. The first-order valence-electron chi connectivity index (χ1n) is 4.77. The van der Waals surface area contributed by atoms with Crippen LogP contribution in [-0.2, 0) is 11.3 Å². The van der Waals surface area contributed by atoms with Crippen LogP contribution in [0.15, 0.2) is 28.7 Å². The topological polar surface area (TPSA) is 49.3 Å². The van der Waals surface area contributed by atoms with Gasteiger partial charge in [0.15, 0.2) is 0 Å². The summed E-state index contributed by atoms with van der Waals surface area (Å²) in [5, 5.41) is 11.7. The molecule has 0 saturated carbocycles. The van der Waals surface area contributed by atoms with Crippen molar-refractivity contribution < 1.29 is 9.90 Å². The zero-order valence-electron chi connectivity index (χ0n) is 8.53. The van der Waals surface area contributed by atoms with Crippen molar-refractivity contribution in [2.45, 2.75) is 25.9 Å². The van der Waals surface area contributed by atoms with Crippen LogP contribution in [0.2, 0.25) is 0 Å². The van der Waals surface area contributed by atoms with Crippen molar-refractivity contribution in [1.29, 1.82) is 0 Å². The molecule has 3 nitrogen and oxygen atoms in total. The molecule has 4 heteroatoms. The fraction of sp³-hybridized carbons (Fsp3) is 0.364. The highest BCUT2D eigenvalue weighted by Gasteiger charge is 2.06. The summed E-state index contributed by atoms with van der Waals surface area (Å²) in [5.74, 6) is -0.774. The van der Waals surface area contributed by atoms with Crippen LogP contribution < -0.4 is 5.32 Å². The second kappa shape index (κ2) is 5.88. The molecule has 0 aliphatic heterocycles. The molecule has 0 heterocycles. The van der Waals surface area contributed by atoms with Gasteiger partial charge >= 0.3 is 5.97 Å². The van der Waals surface area contributed by atoms with E-state index in [1.807, 2.05) is 31.2 Å². The van der Waals surface area contributed by atoms with Gasteiger partial charge in [-0.2, -0.15) is 0 Å². The van der Waals surface area contributed by atoms with Crippen molar-refractivity contribution in [1.82, 2.24) is 5.32 Å². The average Bonchev–Trinajstić information content (AvgIpc) is 2.14. The summed E-state index contributed by atoms with van der Waals surface area (Å²) < 4.78 is 1.03. The standard InChI is InChI=1S/C11H14BrNO2/c1-8(5-11(14)15)13-7-9-3-2-4-10(12)6-9/h2-4,6,8,13H,5,7H2,1H3,(H,14,15). The van der Waals surface area contributed by atoms with E-state index in [1.165, 1.54) is 0 Å². The van der Waals surface area contributed by atoms with Crippen LogP contribution in [0.5, 0.6) is 0 Å². The first-order valence-corrected chi connectivity index (χ1v) is 5.57. The molecule has 0 aromatic heterocycles. The highest BCUT2D eigenvalue weighted by molar-refractivity contribution is 9.10. The monoisotopic (exact) mass is 271 g/mol. The fourth-order valence-corrected chi connectivity index (χ4v) is 1.72. The molecule has 0 saturated heterocycles. The van der Waals surface area contributed by atoms with E-state index in [-0.39, 0.29) is 12.5 Å².